The molecule has 0 fully saturated rings. The average molecular weight is 230 g/mol. The van der Waals surface area contributed by atoms with E-state index in [9.17, 15) is 22.8 Å². The maximum atomic E-state index is 12.1. The van der Waals surface area contributed by atoms with Gasteiger partial charge >= 0.3 is 6.09 Å². The summed E-state index contributed by atoms with van der Waals surface area (Å²) < 4.78 is 43.0. The zero-order valence-electron chi connectivity index (χ0n) is 7.41. The largest absolute Gasteiger partial charge is 0.440 e. The molecule has 15 heavy (non-hydrogen) atoms. The van der Waals surface area contributed by atoms with Crippen molar-refractivity contribution in [3.8, 4) is 0 Å². The zero-order valence-corrected chi connectivity index (χ0v) is 7.41. The summed E-state index contributed by atoms with van der Waals surface area (Å²) in [5, 5.41) is 1.86. The summed E-state index contributed by atoms with van der Waals surface area (Å²) in [7, 11) is 0. The molecular formula is C6H9F3N2O4. The van der Waals surface area contributed by atoms with Gasteiger partial charge in [0.15, 0.2) is 6.61 Å². The minimum atomic E-state index is -3.29. The van der Waals surface area contributed by atoms with Crippen molar-refractivity contribution in [3.05, 3.63) is 0 Å². The molecule has 0 heterocycles. The fraction of sp³-hybridized carbons (Fsp3) is 0.667. The van der Waals surface area contributed by atoms with E-state index in [-0.39, 0.29) is 0 Å². The molecule has 0 aromatic rings. The molecule has 6 nitrogen and oxygen atoms in total. The first-order valence-corrected chi connectivity index (χ1v) is 3.66. The third-order valence-electron chi connectivity index (χ3n) is 1.06. The van der Waals surface area contributed by atoms with E-state index in [1.807, 2.05) is 5.32 Å². The Hall–Kier alpha value is -1.51. The number of halogens is 3. The van der Waals surface area contributed by atoms with E-state index in [4.69, 9.17) is 0 Å². The highest BCUT2D eigenvalue weighted by Gasteiger charge is 2.19. The standard InChI is InChI=1S/C6H9F3N2O4/c7-4(8)5(9)15-2-11-3(12)1-14-6(10)13/h4-5H,1-2H2,(H2,10,13)(H,11,12). The third-order valence-corrected chi connectivity index (χ3v) is 1.06. The Kier molecular flexibility index (Phi) is 6.18. The lowest BCUT2D eigenvalue weighted by atomic mass is 10.6. The second-order valence-electron chi connectivity index (χ2n) is 2.20. The Balaban J connectivity index is 3.51. The highest BCUT2D eigenvalue weighted by atomic mass is 19.3. The van der Waals surface area contributed by atoms with Crippen LogP contribution in [0.3, 0.4) is 0 Å². The molecule has 0 bridgehead atoms. The van der Waals surface area contributed by atoms with Crippen molar-refractivity contribution in [2.24, 2.45) is 5.73 Å². The molecule has 0 aliphatic heterocycles. The number of amides is 2. The molecule has 0 aromatic carbocycles. The topological polar surface area (TPSA) is 90.7 Å². The van der Waals surface area contributed by atoms with E-state index in [1.54, 1.807) is 0 Å². The lowest BCUT2D eigenvalue weighted by Gasteiger charge is -2.09. The Morgan fingerprint density at radius 2 is 1.93 bits per heavy atom. The number of carbonyl (C=O) groups excluding carboxylic acids is 2. The lowest BCUT2D eigenvalue weighted by Crippen LogP contribution is -2.33. The van der Waals surface area contributed by atoms with Crippen molar-refractivity contribution >= 4 is 12.0 Å². The summed E-state index contributed by atoms with van der Waals surface area (Å²) in [4.78, 5) is 20.7. The molecule has 0 saturated carbocycles. The van der Waals surface area contributed by atoms with Crippen LogP contribution in [-0.4, -0.2) is 38.1 Å². The Morgan fingerprint density at radius 1 is 1.33 bits per heavy atom. The second kappa shape index (κ2) is 6.87. The molecule has 0 aliphatic rings. The van der Waals surface area contributed by atoms with Gasteiger partial charge in [-0.25, -0.2) is 18.0 Å². The van der Waals surface area contributed by atoms with Crippen molar-refractivity contribution in [2.75, 3.05) is 13.3 Å². The number of ether oxygens (including phenoxy) is 2. The Morgan fingerprint density at radius 3 is 2.40 bits per heavy atom. The van der Waals surface area contributed by atoms with Crippen LogP contribution in [0, 0.1) is 0 Å². The molecule has 0 rings (SSSR count). The van der Waals surface area contributed by atoms with Gasteiger partial charge in [0.1, 0.15) is 6.73 Å². The molecule has 2 amide bonds. The molecule has 3 N–H and O–H groups in total. The first kappa shape index (κ1) is 13.5. The number of nitrogens with one attached hydrogen (secondary N) is 1. The van der Waals surface area contributed by atoms with Gasteiger partial charge in [0.25, 0.3) is 18.7 Å². The summed E-state index contributed by atoms with van der Waals surface area (Å²) in [5.74, 6) is -0.852. The maximum Gasteiger partial charge on any atom is 0.405 e. The Labute approximate surface area is 82.5 Å². The van der Waals surface area contributed by atoms with Crippen LogP contribution in [0.25, 0.3) is 0 Å². The molecule has 0 radical (unpaired) electrons. The van der Waals surface area contributed by atoms with Crippen molar-refractivity contribution in [1.82, 2.24) is 5.32 Å². The second-order valence-corrected chi connectivity index (χ2v) is 2.20. The predicted octanol–water partition coefficient (Wildman–Crippen LogP) is -0.267. The zero-order chi connectivity index (χ0) is 11.8. The van der Waals surface area contributed by atoms with Gasteiger partial charge in [-0.1, -0.05) is 0 Å². The van der Waals surface area contributed by atoms with Gasteiger partial charge in [-0.05, 0) is 0 Å². The maximum absolute atomic E-state index is 12.1. The van der Waals surface area contributed by atoms with Crippen LogP contribution < -0.4 is 11.1 Å². The molecule has 9 heteroatoms. The molecule has 0 aromatic heterocycles. The number of nitrogens with two attached hydrogens (primary N) is 1. The van der Waals surface area contributed by atoms with Crippen molar-refractivity contribution in [2.45, 2.75) is 12.8 Å². The highest BCUT2D eigenvalue weighted by molar-refractivity contribution is 5.79. The number of alkyl halides is 3. The van der Waals surface area contributed by atoms with Crippen LogP contribution in [0.1, 0.15) is 0 Å². The van der Waals surface area contributed by atoms with E-state index in [2.05, 4.69) is 15.2 Å². The molecule has 0 aliphatic carbocycles. The van der Waals surface area contributed by atoms with Gasteiger partial charge in [0, 0.05) is 0 Å². The highest BCUT2D eigenvalue weighted by Crippen LogP contribution is 2.05. The van der Waals surface area contributed by atoms with E-state index in [1.165, 1.54) is 0 Å². The van der Waals surface area contributed by atoms with Crippen LogP contribution in [0.4, 0.5) is 18.0 Å². The van der Waals surface area contributed by atoms with Crippen LogP contribution in [0.2, 0.25) is 0 Å². The number of hydrogen-bond donors (Lipinski definition) is 2. The van der Waals surface area contributed by atoms with Crippen molar-refractivity contribution < 1.29 is 32.2 Å². The van der Waals surface area contributed by atoms with Gasteiger partial charge in [0.05, 0.1) is 0 Å². The van der Waals surface area contributed by atoms with Gasteiger partial charge < -0.3 is 20.5 Å². The van der Waals surface area contributed by atoms with E-state index in [0.29, 0.717) is 0 Å². The van der Waals surface area contributed by atoms with Gasteiger partial charge in [0.2, 0.25) is 0 Å². The minimum absolute atomic E-state index is 0.690. The quantitative estimate of drug-likeness (QED) is 0.614. The SMILES string of the molecule is NC(=O)OCC(=O)NCOC(F)C(F)F. The fourth-order valence-electron chi connectivity index (χ4n) is 0.462. The van der Waals surface area contributed by atoms with E-state index >= 15 is 0 Å². The third kappa shape index (κ3) is 7.55. The predicted molar refractivity (Wildman–Crippen MR) is 40.5 cm³/mol. The lowest BCUT2D eigenvalue weighted by molar-refractivity contribution is -0.143. The van der Waals surface area contributed by atoms with E-state index in [0.717, 1.165) is 0 Å². The summed E-state index contributed by atoms with van der Waals surface area (Å²) in [6, 6.07) is 0. The number of hydrogen-bond acceptors (Lipinski definition) is 4. The van der Waals surface area contributed by atoms with Crippen LogP contribution >= 0.6 is 0 Å². The molecule has 1 unspecified atom stereocenters. The van der Waals surface area contributed by atoms with Crippen LogP contribution in [0.15, 0.2) is 0 Å². The molecule has 1 atom stereocenters. The van der Waals surface area contributed by atoms with Crippen LogP contribution in [0.5, 0.6) is 0 Å². The van der Waals surface area contributed by atoms with Crippen LogP contribution in [-0.2, 0) is 14.3 Å². The fourth-order valence-corrected chi connectivity index (χ4v) is 0.462. The summed E-state index contributed by atoms with van der Waals surface area (Å²) in [6.45, 7) is -1.45. The van der Waals surface area contributed by atoms with Gasteiger partial charge in [-0.2, -0.15) is 0 Å². The normalized spacial score (nSPS) is 12.3. The average Bonchev–Trinajstić information content (AvgIpc) is 2.14. The van der Waals surface area contributed by atoms with Crippen molar-refractivity contribution in [3.63, 3.8) is 0 Å². The minimum Gasteiger partial charge on any atom is -0.440 e. The van der Waals surface area contributed by atoms with E-state index < -0.39 is 38.1 Å². The first-order chi connectivity index (χ1) is 6.93. The monoisotopic (exact) mass is 230 g/mol. The molecule has 0 saturated heterocycles. The Bertz CT molecular complexity index is 226. The summed E-state index contributed by atoms with van der Waals surface area (Å²) in [5.41, 5.74) is 4.53. The number of carbonyl (C=O) groups is 2. The summed E-state index contributed by atoms with van der Waals surface area (Å²) in [6.07, 6.45) is -7.23. The van der Waals surface area contributed by atoms with Gasteiger partial charge in [-0.15, -0.1) is 0 Å². The molecule has 0 spiro atoms. The summed E-state index contributed by atoms with van der Waals surface area (Å²) >= 11 is 0. The smallest absolute Gasteiger partial charge is 0.405 e. The number of rotatable bonds is 6. The van der Waals surface area contributed by atoms with Crippen molar-refractivity contribution in [1.29, 1.82) is 0 Å². The number of primary amides is 1. The first-order valence-electron chi connectivity index (χ1n) is 3.66. The van der Waals surface area contributed by atoms with Gasteiger partial charge in [-0.3, -0.25) is 4.79 Å². The molecular weight excluding hydrogens is 221 g/mol. The molecule has 88 valence electrons.